The van der Waals surface area contributed by atoms with E-state index in [9.17, 15) is 9.59 Å². The number of amides is 1. The topological polar surface area (TPSA) is 55.2 Å². The molecule has 2 heterocycles. The summed E-state index contributed by atoms with van der Waals surface area (Å²) in [5.74, 6) is -0.0663. The molecule has 0 radical (unpaired) electrons. The second kappa shape index (κ2) is 7.56. The summed E-state index contributed by atoms with van der Waals surface area (Å²) in [6, 6.07) is 7.03. The summed E-state index contributed by atoms with van der Waals surface area (Å²) in [5.41, 5.74) is 0.773. The third kappa shape index (κ3) is 4.03. The number of nitrogens with zero attached hydrogens (tertiary/aromatic N) is 3. The molecule has 0 fully saturated rings. The van der Waals surface area contributed by atoms with Crippen LogP contribution in [0.5, 0.6) is 0 Å². The molecule has 130 valence electrons. The van der Waals surface area contributed by atoms with Gasteiger partial charge >= 0.3 is 0 Å². The van der Waals surface area contributed by atoms with E-state index in [4.69, 9.17) is 23.2 Å². The Labute approximate surface area is 158 Å². The molecule has 2 aromatic heterocycles. The van der Waals surface area contributed by atoms with Gasteiger partial charge in [0.15, 0.2) is 0 Å². The van der Waals surface area contributed by atoms with Gasteiger partial charge in [-0.15, -0.1) is 11.3 Å². The van der Waals surface area contributed by atoms with Crippen molar-refractivity contribution in [3.05, 3.63) is 61.9 Å². The average molecular weight is 396 g/mol. The van der Waals surface area contributed by atoms with Crippen LogP contribution in [0.1, 0.15) is 12.0 Å². The van der Waals surface area contributed by atoms with E-state index < -0.39 is 0 Å². The van der Waals surface area contributed by atoms with Crippen LogP contribution in [0.2, 0.25) is 10.0 Å². The van der Waals surface area contributed by atoms with Gasteiger partial charge in [-0.2, -0.15) is 0 Å². The molecule has 0 N–H and O–H groups in total. The minimum Gasteiger partial charge on any atom is -0.341 e. The van der Waals surface area contributed by atoms with E-state index in [0.29, 0.717) is 33.4 Å². The Kier molecular flexibility index (Phi) is 5.42. The van der Waals surface area contributed by atoms with Gasteiger partial charge in [-0.3, -0.25) is 14.2 Å². The van der Waals surface area contributed by atoms with Gasteiger partial charge in [0.2, 0.25) is 5.91 Å². The van der Waals surface area contributed by atoms with Gasteiger partial charge in [-0.1, -0.05) is 29.3 Å². The number of aromatic nitrogens is 2. The molecule has 0 aliphatic heterocycles. The van der Waals surface area contributed by atoms with Gasteiger partial charge in [-0.25, -0.2) is 4.98 Å². The van der Waals surface area contributed by atoms with Crippen LogP contribution in [0.25, 0.3) is 10.2 Å². The van der Waals surface area contributed by atoms with E-state index in [-0.39, 0.29) is 17.9 Å². The first kappa shape index (κ1) is 17.9. The number of thiophene rings is 1. The first-order valence-electron chi connectivity index (χ1n) is 7.56. The lowest BCUT2D eigenvalue weighted by atomic mass is 10.2. The number of rotatable bonds is 5. The molecule has 0 saturated carbocycles. The van der Waals surface area contributed by atoms with Crippen molar-refractivity contribution in [1.82, 2.24) is 14.5 Å². The Morgan fingerprint density at radius 3 is 2.84 bits per heavy atom. The van der Waals surface area contributed by atoms with Crippen LogP contribution >= 0.6 is 34.5 Å². The highest BCUT2D eigenvalue weighted by molar-refractivity contribution is 7.16. The van der Waals surface area contributed by atoms with Gasteiger partial charge in [-0.05, 0) is 29.1 Å². The molecule has 0 unspecified atom stereocenters. The molecule has 0 spiro atoms. The predicted molar refractivity (Wildman–Crippen MR) is 101 cm³/mol. The zero-order valence-corrected chi connectivity index (χ0v) is 15.7. The summed E-state index contributed by atoms with van der Waals surface area (Å²) >= 11 is 13.3. The zero-order valence-electron chi connectivity index (χ0n) is 13.4. The van der Waals surface area contributed by atoms with E-state index >= 15 is 0 Å². The van der Waals surface area contributed by atoms with Crippen molar-refractivity contribution in [2.75, 3.05) is 7.05 Å². The predicted octanol–water partition coefficient (Wildman–Crippen LogP) is 3.81. The minimum absolute atomic E-state index is 0.0663. The highest BCUT2D eigenvalue weighted by atomic mass is 35.5. The Bertz CT molecular complexity index is 983. The first-order valence-corrected chi connectivity index (χ1v) is 9.20. The minimum atomic E-state index is -0.119. The summed E-state index contributed by atoms with van der Waals surface area (Å²) in [6.07, 6.45) is 1.71. The second-order valence-corrected chi connectivity index (χ2v) is 7.34. The van der Waals surface area contributed by atoms with Crippen molar-refractivity contribution in [3.8, 4) is 0 Å². The van der Waals surface area contributed by atoms with Crippen molar-refractivity contribution in [1.29, 1.82) is 0 Å². The molecular formula is C17H15Cl2N3O2S. The van der Waals surface area contributed by atoms with Crippen molar-refractivity contribution in [2.24, 2.45) is 0 Å². The zero-order chi connectivity index (χ0) is 18.0. The monoisotopic (exact) mass is 395 g/mol. The lowest BCUT2D eigenvalue weighted by molar-refractivity contribution is -0.130. The average Bonchev–Trinajstić information content (AvgIpc) is 3.07. The van der Waals surface area contributed by atoms with Gasteiger partial charge in [0, 0.05) is 26.6 Å². The molecule has 1 aromatic carbocycles. The normalized spacial score (nSPS) is 11.0. The maximum atomic E-state index is 12.3. The molecule has 3 aromatic rings. The summed E-state index contributed by atoms with van der Waals surface area (Å²) in [6.45, 7) is 0.717. The fraction of sp³-hybridized carbons (Fsp3) is 0.235. The van der Waals surface area contributed by atoms with E-state index in [0.717, 1.165) is 5.56 Å². The molecule has 25 heavy (non-hydrogen) atoms. The number of fused-ring (bicyclic) bond motifs is 1. The van der Waals surface area contributed by atoms with E-state index in [1.165, 1.54) is 22.2 Å². The first-order chi connectivity index (χ1) is 12.0. The van der Waals surface area contributed by atoms with E-state index in [2.05, 4.69) is 4.98 Å². The number of hydrogen-bond acceptors (Lipinski definition) is 4. The molecule has 1 amide bonds. The third-order valence-corrected chi connectivity index (χ3v) is 5.41. The van der Waals surface area contributed by atoms with Gasteiger partial charge in [0.25, 0.3) is 5.56 Å². The van der Waals surface area contributed by atoms with Crippen LogP contribution in [0.15, 0.2) is 40.8 Å². The summed E-state index contributed by atoms with van der Waals surface area (Å²) < 4.78 is 1.47. The van der Waals surface area contributed by atoms with Gasteiger partial charge < -0.3 is 4.90 Å². The number of carbonyl (C=O) groups excluding carboxylic acids is 1. The van der Waals surface area contributed by atoms with Crippen LogP contribution in [0.4, 0.5) is 0 Å². The molecule has 8 heteroatoms. The highest BCUT2D eigenvalue weighted by Gasteiger charge is 2.12. The quantitative estimate of drug-likeness (QED) is 0.659. The van der Waals surface area contributed by atoms with Crippen molar-refractivity contribution in [3.63, 3.8) is 0 Å². The van der Waals surface area contributed by atoms with Gasteiger partial charge in [0.05, 0.1) is 21.8 Å². The Hall–Kier alpha value is -1.89. The smallest absolute Gasteiger partial charge is 0.262 e. The van der Waals surface area contributed by atoms with Gasteiger partial charge in [0.1, 0.15) is 4.83 Å². The van der Waals surface area contributed by atoms with Crippen LogP contribution in [-0.2, 0) is 17.9 Å². The molecule has 3 rings (SSSR count). The molecular weight excluding hydrogens is 381 g/mol. The fourth-order valence-electron chi connectivity index (χ4n) is 2.46. The second-order valence-electron chi connectivity index (χ2n) is 5.63. The number of hydrogen-bond donors (Lipinski definition) is 0. The molecule has 0 aliphatic carbocycles. The molecule has 5 nitrogen and oxygen atoms in total. The molecule has 0 bridgehead atoms. The summed E-state index contributed by atoms with van der Waals surface area (Å²) in [5, 5.41) is 3.36. The third-order valence-electron chi connectivity index (χ3n) is 3.85. The van der Waals surface area contributed by atoms with Crippen LogP contribution < -0.4 is 5.56 Å². The number of halogens is 2. The van der Waals surface area contributed by atoms with Crippen molar-refractivity contribution in [2.45, 2.75) is 19.5 Å². The SMILES string of the molecule is CN(Cc1ccc(Cl)c(Cl)c1)C(=O)CCn1cnc2sccc2c1=O. The van der Waals surface area contributed by atoms with Crippen molar-refractivity contribution >= 4 is 50.7 Å². The molecule has 0 atom stereocenters. The summed E-state index contributed by atoms with van der Waals surface area (Å²) in [7, 11) is 1.72. The van der Waals surface area contributed by atoms with Crippen LogP contribution in [0, 0.1) is 0 Å². The molecule has 0 aliphatic rings. The van der Waals surface area contributed by atoms with Crippen molar-refractivity contribution < 1.29 is 4.79 Å². The maximum absolute atomic E-state index is 12.3. The highest BCUT2D eigenvalue weighted by Crippen LogP contribution is 2.23. The fourth-order valence-corrected chi connectivity index (χ4v) is 3.50. The Balaban J connectivity index is 1.63. The Morgan fingerprint density at radius 2 is 2.08 bits per heavy atom. The standard InChI is InChI=1S/C17H15Cl2N3O2S/c1-21(9-11-2-3-13(18)14(19)8-11)15(23)4-6-22-10-20-16-12(17(22)24)5-7-25-16/h2-3,5,7-8,10H,4,6,9H2,1H3. The lowest BCUT2D eigenvalue weighted by Crippen LogP contribution is -2.29. The Morgan fingerprint density at radius 1 is 1.28 bits per heavy atom. The molecule has 0 saturated heterocycles. The largest absolute Gasteiger partial charge is 0.341 e. The lowest BCUT2D eigenvalue weighted by Gasteiger charge is -2.18. The van der Waals surface area contributed by atoms with E-state index in [1.807, 2.05) is 11.4 Å². The number of benzene rings is 1. The van der Waals surface area contributed by atoms with Crippen LogP contribution in [0.3, 0.4) is 0 Å². The van der Waals surface area contributed by atoms with Crippen LogP contribution in [-0.4, -0.2) is 27.4 Å². The maximum Gasteiger partial charge on any atom is 0.262 e. The van der Waals surface area contributed by atoms with E-state index in [1.54, 1.807) is 30.1 Å². The number of carbonyl (C=O) groups is 1. The number of aryl methyl sites for hydroxylation is 1. The summed E-state index contributed by atoms with van der Waals surface area (Å²) in [4.78, 5) is 31.2.